The smallest absolute Gasteiger partial charge is 0.339 e. The van der Waals surface area contributed by atoms with E-state index in [2.05, 4.69) is 9.72 Å². The first kappa shape index (κ1) is 10.9. The molecule has 1 fully saturated rings. The molecule has 0 spiro atoms. The van der Waals surface area contributed by atoms with Crippen LogP contribution < -0.4 is 4.90 Å². The predicted molar refractivity (Wildman–Crippen MR) is 57.3 cm³/mol. The highest BCUT2D eigenvalue weighted by Crippen LogP contribution is 2.19. The molecule has 1 aromatic heterocycles. The average Bonchev–Trinajstić information content (AvgIpc) is 2.75. The Bertz CT molecular complexity index is 380. The van der Waals surface area contributed by atoms with Crippen molar-refractivity contribution in [1.82, 2.24) is 4.98 Å². The first-order valence-electron chi connectivity index (χ1n) is 5.14. The van der Waals surface area contributed by atoms with Crippen molar-refractivity contribution in [3.8, 4) is 0 Å². The third-order valence-electron chi connectivity index (χ3n) is 2.62. The standard InChI is InChI=1S/C11H13FN2O2/c1-16-11(15)8-2-3-10(13-6-8)14-5-4-9(12)7-14/h2-3,6,9H,4-5,7H2,1H3/t9-/m1/s1. The van der Waals surface area contributed by atoms with Gasteiger partial charge in [-0.1, -0.05) is 0 Å². The zero-order valence-electron chi connectivity index (χ0n) is 9.02. The van der Waals surface area contributed by atoms with E-state index < -0.39 is 12.1 Å². The largest absolute Gasteiger partial charge is 0.465 e. The highest BCUT2D eigenvalue weighted by molar-refractivity contribution is 5.89. The van der Waals surface area contributed by atoms with Crippen LogP contribution in [-0.4, -0.2) is 37.3 Å². The quantitative estimate of drug-likeness (QED) is 0.712. The first-order chi connectivity index (χ1) is 7.70. The fourth-order valence-electron chi connectivity index (χ4n) is 1.74. The molecule has 1 aliphatic rings. The Kier molecular flexibility index (Phi) is 3.03. The number of ether oxygens (including phenoxy) is 1. The summed E-state index contributed by atoms with van der Waals surface area (Å²) < 4.78 is 17.5. The Hall–Kier alpha value is -1.65. The molecule has 86 valence electrons. The minimum absolute atomic E-state index is 0.380. The number of nitrogens with zero attached hydrogens (tertiary/aromatic N) is 2. The highest BCUT2D eigenvalue weighted by Gasteiger charge is 2.22. The maximum absolute atomic E-state index is 13.0. The topological polar surface area (TPSA) is 42.4 Å². The maximum Gasteiger partial charge on any atom is 0.339 e. The van der Waals surface area contributed by atoms with Crippen LogP contribution in [0, 0.1) is 0 Å². The number of rotatable bonds is 2. The van der Waals surface area contributed by atoms with Gasteiger partial charge in [0.05, 0.1) is 19.2 Å². The van der Waals surface area contributed by atoms with Crippen molar-refractivity contribution >= 4 is 11.8 Å². The molecule has 0 aromatic carbocycles. The van der Waals surface area contributed by atoms with Crippen LogP contribution in [0.3, 0.4) is 0 Å². The van der Waals surface area contributed by atoms with Crippen LogP contribution in [0.15, 0.2) is 18.3 Å². The van der Waals surface area contributed by atoms with Crippen LogP contribution in [0.1, 0.15) is 16.8 Å². The number of esters is 1. The number of hydrogen-bond donors (Lipinski definition) is 0. The van der Waals surface area contributed by atoms with Gasteiger partial charge in [0.25, 0.3) is 0 Å². The Balaban J connectivity index is 2.10. The van der Waals surface area contributed by atoms with E-state index in [-0.39, 0.29) is 0 Å². The summed E-state index contributed by atoms with van der Waals surface area (Å²) >= 11 is 0. The van der Waals surface area contributed by atoms with Gasteiger partial charge in [0.1, 0.15) is 12.0 Å². The van der Waals surface area contributed by atoms with Gasteiger partial charge in [-0.15, -0.1) is 0 Å². The second-order valence-electron chi connectivity index (χ2n) is 3.73. The van der Waals surface area contributed by atoms with Crippen LogP contribution in [0.2, 0.25) is 0 Å². The zero-order valence-corrected chi connectivity index (χ0v) is 9.02. The van der Waals surface area contributed by atoms with Crippen molar-refractivity contribution in [2.45, 2.75) is 12.6 Å². The second-order valence-corrected chi connectivity index (χ2v) is 3.73. The van der Waals surface area contributed by atoms with Gasteiger partial charge in [0.2, 0.25) is 0 Å². The Morgan fingerprint density at radius 2 is 2.44 bits per heavy atom. The number of aromatic nitrogens is 1. The molecule has 0 saturated carbocycles. The summed E-state index contributed by atoms with van der Waals surface area (Å²) in [6.45, 7) is 1.05. The van der Waals surface area contributed by atoms with E-state index in [1.54, 1.807) is 12.1 Å². The molecule has 5 heteroatoms. The van der Waals surface area contributed by atoms with E-state index in [4.69, 9.17) is 0 Å². The van der Waals surface area contributed by atoms with Crippen LogP contribution >= 0.6 is 0 Å². The van der Waals surface area contributed by atoms with Gasteiger partial charge in [-0.3, -0.25) is 0 Å². The van der Waals surface area contributed by atoms with E-state index >= 15 is 0 Å². The van der Waals surface area contributed by atoms with Gasteiger partial charge < -0.3 is 9.64 Å². The molecule has 0 bridgehead atoms. The van der Waals surface area contributed by atoms with E-state index in [1.165, 1.54) is 13.3 Å². The van der Waals surface area contributed by atoms with Crippen molar-refractivity contribution in [2.24, 2.45) is 0 Å². The number of alkyl halides is 1. The molecule has 0 aliphatic carbocycles. The van der Waals surface area contributed by atoms with E-state index in [1.807, 2.05) is 4.90 Å². The van der Waals surface area contributed by atoms with Gasteiger partial charge in [0, 0.05) is 12.7 Å². The molecule has 2 rings (SSSR count). The number of carbonyl (C=O) groups excluding carboxylic acids is 1. The number of pyridine rings is 1. The molecular formula is C11H13FN2O2. The van der Waals surface area contributed by atoms with Crippen molar-refractivity contribution in [3.05, 3.63) is 23.9 Å². The second kappa shape index (κ2) is 4.47. The summed E-state index contributed by atoms with van der Waals surface area (Å²) in [5.74, 6) is 0.289. The summed E-state index contributed by atoms with van der Waals surface area (Å²) in [7, 11) is 1.32. The number of hydrogen-bond acceptors (Lipinski definition) is 4. The lowest BCUT2D eigenvalue weighted by molar-refractivity contribution is 0.0600. The molecular weight excluding hydrogens is 211 g/mol. The molecule has 4 nitrogen and oxygen atoms in total. The highest BCUT2D eigenvalue weighted by atomic mass is 19.1. The molecule has 0 amide bonds. The molecule has 1 aromatic rings. The number of methoxy groups -OCH3 is 1. The number of carbonyl (C=O) groups is 1. The van der Waals surface area contributed by atoms with Gasteiger partial charge in [0.15, 0.2) is 0 Å². The van der Waals surface area contributed by atoms with E-state index in [9.17, 15) is 9.18 Å². The maximum atomic E-state index is 13.0. The van der Waals surface area contributed by atoms with Crippen molar-refractivity contribution in [3.63, 3.8) is 0 Å². The van der Waals surface area contributed by atoms with Crippen LogP contribution in [0.4, 0.5) is 10.2 Å². The Labute approximate surface area is 93.0 Å². The summed E-state index contributed by atoms with van der Waals surface area (Å²) in [4.78, 5) is 17.2. The summed E-state index contributed by atoms with van der Waals surface area (Å²) in [6.07, 6.45) is 1.22. The molecule has 16 heavy (non-hydrogen) atoms. The van der Waals surface area contributed by atoms with Crippen molar-refractivity contribution in [2.75, 3.05) is 25.1 Å². The van der Waals surface area contributed by atoms with Gasteiger partial charge in [-0.25, -0.2) is 14.2 Å². The van der Waals surface area contributed by atoms with Gasteiger partial charge >= 0.3 is 5.97 Å². The van der Waals surface area contributed by atoms with Crippen molar-refractivity contribution < 1.29 is 13.9 Å². The molecule has 0 unspecified atom stereocenters. The van der Waals surface area contributed by atoms with Crippen LogP contribution in [-0.2, 0) is 4.74 Å². The summed E-state index contributed by atoms with van der Waals surface area (Å²) in [5.41, 5.74) is 0.405. The van der Waals surface area contributed by atoms with E-state index in [0.717, 1.165) is 0 Å². The summed E-state index contributed by atoms with van der Waals surface area (Å²) in [6, 6.07) is 3.35. The van der Waals surface area contributed by atoms with E-state index in [0.29, 0.717) is 30.9 Å². The first-order valence-corrected chi connectivity index (χ1v) is 5.14. The molecule has 0 radical (unpaired) electrons. The van der Waals surface area contributed by atoms with Gasteiger partial charge in [-0.2, -0.15) is 0 Å². The third kappa shape index (κ3) is 2.13. The fraction of sp³-hybridized carbons (Fsp3) is 0.455. The number of anilines is 1. The lowest BCUT2D eigenvalue weighted by Crippen LogP contribution is -2.21. The zero-order chi connectivity index (χ0) is 11.5. The van der Waals surface area contributed by atoms with Gasteiger partial charge in [-0.05, 0) is 18.6 Å². The minimum atomic E-state index is -0.776. The van der Waals surface area contributed by atoms with Crippen LogP contribution in [0.5, 0.6) is 0 Å². The monoisotopic (exact) mass is 224 g/mol. The molecule has 2 heterocycles. The SMILES string of the molecule is COC(=O)c1ccc(N2CC[C@@H](F)C2)nc1. The summed E-state index contributed by atoms with van der Waals surface area (Å²) in [5, 5.41) is 0. The Morgan fingerprint density at radius 3 is 2.94 bits per heavy atom. The predicted octanol–water partition coefficient (Wildman–Crippen LogP) is 1.42. The fourth-order valence-corrected chi connectivity index (χ4v) is 1.74. The number of halogens is 1. The average molecular weight is 224 g/mol. The lowest BCUT2D eigenvalue weighted by Gasteiger charge is -2.15. The normalized spacial score (nSPS) is 19.9. The van der Waals surface area contributed by atoms with Crippen LogP contribution in [0.25, 0.3) is 0 Å². The molecule has 0 N–H and O–H groups in total. The molecule has 1 aliphatic heterocycles. The Morgan fingerprint density at radius 1 is 1.62 bits per heavy atom. The molecule has 1 saturated heterocycles. The molecule has 1 atom stereocenters. The van der Waals surface area contributed by atoms with Crippen molar-refractivity contribution in [1.29, 1.82) is 0 Å². The lowest BCUT2D eigenvalue weighted by atomic mass is 10.3. The third-order valence-corrected chi connectivity index (χ3v) is 2.62. The minimum Gasteiger partial charge on any atom is -0.465 e.